The first-order chi connectivity index (χ1) is 6.50. The van der Waals surface area contributed by atoms with Gasteiger partial charge in [0.05, 0.1) is 12.1 Å². The minimum atomic E-state index is -0.776. The molecule has 1 rings (SSSR count). The number of hydrogen-bond donors (Lipinski definition) is 1. The van der Waals surface area contributed by atoms with E-state index < -0.39 is 5.97 Å². The molecule has 0 atom stereocenters. The van der Waals surface area contributed by atoms with Crippen molar-refractivity contribution in [1.29, 1.82) is 0 Å². The summed E-state index contributed by atoms with van der Waals surface area (Å²) in [5.41, 5.74) is 1.94. The Morgan fingerprint density at radius 2 is 2.29 bits per heavy atom. The second-order valence-electron chi connectivity index (χ2n) is 3.71. The van der Waals surface area contributed by atoms with E-state index in [9.17, 15) is 4.79 Å². The van der Waals surface area contributed by atoms with Gasteiger partial charge in [-0.05, 0) is 26.8 Å². The van der Waals surface area contributed by atoms with Gasteiger partial charge in [-0.3, -0.25) is 9.48 Å². The summed E-state index contributed by atoms with van der Waals surface area (Å²) >= 11 is 0. The summed E-state index contributed by atoms with van der Waals surface area (Å²) in [5, 5.41) is 12.9. The van der Waals surface area contributed by atoms with Crippen molar-refractivity contribution >= 4 is 5.97 Å². The van der Waals surface area contributed by atoms with Crippen LogP contribution in [0.3, 0.4) is 0 Å². The van der Waals surface area contributed by atoms with Crippen molar-refractivity contribution in [3.63, 3.8) is 0 Å². The number of aliphatic carboxylic acids is 1. The fraction of sp³-hybridized carbons (Fsp3) is 0.600. The van der Waals surface area contributed by atoms with E-state index in [1.165, 1.54) is 0 Å². The molecule has 0 aliphatic heterocycles. The number of carboxylic acid groups (broad SMARTS) is 1. The zero-order valence-electron chi connectivity index (χ0n) is 8.82. The third kappa shape index (κ3) is 2.58. The Labute approximate surface area is 83.5 Å². The van der Waals surface area contributed by atoms with Crippen LogP contribution in [0.15, 0.2) is 6.07 Å². The number of aryl methyl sites for hydroxylation is 2. The van der Waals surface area contributed by atoms with Crippen LogP contribution in [0.4, 0.5) is 0 Å². The molecule has 78 valence electrons. The Hall–Kier alpha value is -1.32. The Morgan fingerprint density at radius 1 is 1.64 bits per heavy atom. The topological polar surface area (TPSA) is 55.1 Å². The van der Waals surface area contributed by atoms with Crippen LogP contribution in [-0.4, -0.2) is 20.9 Å². The summed E-state index contributed by atoms with van der Waals surface area (Å²) in [4.78, 5) is 10.4. The summed E-state index contributed by atoms with van der Waals surface area (Å²) in [6.45, 7) is 6.10. The van der Waals surface area contributed by atoms with Gasteiger partial charge in [-0.1, -0.05) is 0 Å². The molecule has 1 heterocycles. The Kier molecular flexibility index (Phi) is 3.28. The molecule has 0 unspecified atom stereocenters. The van der Waals surface area contributed by atoms with Gasteiger partial charge >= 0.3 is 5.97 Å². The van der Waals surface area contributed by atoms with E-state index in [0.717, 1.165) is 11.4 Å². The molecule has 4 nitrogen and oxygen atoms in total. The van der Waals surface area contributed by atoms with E-state index in [1.54, 1.807) is 0 Å². The summed E-state index contributed by atoms with van der Waals surface area (Å²) < 4.78 is 1.91. The van der Waals surface area contributed by atoms with E-state index in [0.29, 0.717) is 12.5 Å². The van der Waals surface area contributed by atoms with Gasteiger partial charge in [0.2, 0.25) is 0 Å². The van der Waals surface area contributed by atoms with Crippen LogP contribution in [0.2, 0.25) is 0 Å². The Morgan fingerprint density at radius 3 is 2.71 bits per heavy atom. The maximum atomic E-state index is 10.4. The summed E-state index contributed by atoms with van der Waals surface area (Å²) in [6.07, 6.45) is 0.657. The monoisotopic (exact) mass is 196 g/mol. The Bertz CT molecular complexity index is 329. The van der Waals surface area contributed by atoms with Crippen LogP contribution in [0.5, 0.6) is 0 Å². The Balaban J connectivity index is 2.71. The van der Waals surface area contributed by atoms with Crippen LogP contribution >= 0.6 is 0 Å². The highest BCUT2D eigenvalue weighted by Crippen LogP contribution is 2.11. The zero-order valence-corrected chi connectivity index (χ0v) is 8.82. The molecule has 4 heteroatoms. The third-order valence-electron chi connectivity index (χ3n) is 2.06. The predicted octanol–water partition coefficient (Wildman–Crippen LogP) is 1.79. The SMILES string of the molecule is Cc1cc(CCC(=O)O)nn1C(C)C. The van der Waals surface area contributed by atoms with Gasteiger partial charge in [-0.25, -0.2) is 0 Å². The smallest absolute Gasteiger partial charge is 0.303 e. The minimum absolute atomic E-state index is 0.147. The molecule has 0 radical (unpaired) electrons. The van der Waals surface area contributed by atoms with Crippen LogP contribution in [-0.2, 0) is 11.2 Å². The van der Waals surface area contributed by atoms with Crippen molar-refractivity contribution < 1.29 is 9.90 Å². The van der Waals surface area contributed by atoms with Crippen LogP contribution in [0.25, 0.3) is 0 Å². The molecular weight excluding hydrogens is 180 g/mol. The van der Waals surface area contributed by atoms with Crippen molar-refractivity contribution in [3.05, 3.63) is 17.5 Å². The fourth-order valence-electron chi connectivity index (χ4n) is 1.43. The number of nitrogens with zero attached hydrogens (tertiary/aromatic N) is 2. The molecule has 1 aromatic rings. The fourth-order valence-corrected chi connectivity index (χ4v) is 1.43. The van der Waals surface area contributed by atoms with Gasteiger partial charge in [-0.15, -0.1) is 0 Å². The van der Waals surface area contributed by atoms with Gasteiger partial charge in [0.15, 0.2) is 0 Å². The lowest BCUT2D eigenvalue weighted by molar-refractivity contribution is -0.136. The van der Waals surface area contributed by atoms with Crippen LogP contribution in [0.1, 0.15) is 37.7 Å². The maximum Gasteiger partial charge on any atom is 0.303 e. The van der Waals surface area contributed by atoms with Crippen molar-refractivity contribution in [3.8, 4) is 0 Å². The summed E-state index contributed by atoms with van der Waals surface area (Å²) in [5.74, 6) is -0.776. The molecule has 0 aromatic carbocycles. The average Bonchev–Trinajstić information content (AvgIpc) is 2.43. The van der Waals surface area contributed by atoms with Gasteiger partial charge < -0.3 is 5.11 Å². The molecule has 1 aromatic heterocycles. The molecule has 0 saturated heterocycles. The molecule has 0 aliphatic rings. The lowest BCUT2D eigenvalue weighted by Crippen LogP contribution is -2.05. The lowest BCUT2D eigenvalue weighted by Gasteiger charge is -2.06. The van der Waals surface area contributed by atoms with E-state index in [4.69, 9.17) is 5.11 Å². The van der Waals surface area contributed by atoms with E-state index in [-0.39, 0.29) is 6.42 Å². The van der Waals surface area contributed by atoms with E-state index in [2.05, 4.69) is 18.9 Å². The molecule has 0 aliphatic carbocycles. The average molecular weight is 196 g/mol. The van der Waals surface area contributed by atoms with E-state index in [1.807, 2.05) is 17.7 Å². The first-order valence-corrected chi connectivity index (χ1v) is 4.77. The molecule has 0 bridgehead atoms. The van der Waals surface area contributed by atoms with Gasteiger partial charge in [0.25, 0.3) is 0 Å². The predicted molar refractivity (Wildman–Crippen MR) is 53.3 cm³/mol. The standard InChI is InChI=1S/C10H16N2O2/c1-7(2)12-8(3)6-9(11-12)4-5-10(13)14/h6-7H,4-5H2,1-3H3,(H,13,14). The second-order valence-corrected chi connectivity index (χ2v) is 3.71. The molecule has 14 heavy (non-hydrogen) atoms. The summed E-state index contributed by atoms with van der Waals surface area (Å²) in [6, 6.07) is 2.27. The van der Waals surface area contributed by atoms with Gasteiger partial charge in [0.1, 0.15) is 0 Å². The van der Waals surface area contributed by atoms with Crippen molar-refractivity contribution in [2.45, 2.75) is 39.7 Å². The number of carboxylic acids is 1. The molecule has 0 spiro atoms. The van der Waals surface area contributed by atoms with Crippen molar-refractivity contribution in [2.24, 2.45) is 0 Å². The van der Waals surface area contributed by atoms with Crippen LogP contribution < -0.4 is 0 Å². The number of hydrogen-bond acceptors (Lipinski definition) is 2. The van der Waals surface area contributed by atoms with E-state index >= 15 is 0 Å². The molecular formula is C10H16N2O2. The molecule has 0 amide bonds. The first kappa shape index (κ1) is 10.8. The minimum Gasteiger partial charge on any atom is -0.481 e. The quantitative estimate of drug-likeness (QED) is 0.798. The molecule has 1 N–H and O–H groups in total. The lowest BCUT2D eigenvalue weighted by atomic mass is 10.2. The number of aromatic nitrogens is 2. The van der Waals surface area contributed by atoms with Crippen LogP contribution in [0, 0.1) is 6.92 Å². The zero-order chi connectivity index (χ0) is 10.7. The molecule has 0 saturated carbocycles. The number of rotatable bonds is 4. The highest BCUT2D eigenvalue weighted by Gasteiger charge is 2.07. The highest BCUT2D eigenvalue weighted by atomic mass is 16.4. The number of carbonyl (C=O) groups is 1. The van der Waals surface area contributed by atoms with Gasteiger partial charge in [0, 0.05) is 18.2 Å². The largest absolute Gasteiger partial charge is 0.481 e. The third-order valence-corrected chi connectivity index (χ3v) is 2.06. The highest BCUT2D eigenvalue weighted by molar-refractivity contribution is 5.66. The maximum absolute atomic E-state index is 10.4. The van der Waals surface area contributed by atoms with Crippen molar-refractivity contribution in [2.75, 3.05) is 0 Å². The molecule has 0 fully saturated rings. The second kappa shape index (κ2) is 4.26. The van der Waals surface area contributed by atoms with Gasteiger partial charge in [-0.2, -0.15) is 5.10 Å². The van der Waals surface area contributed by atoms with Crippen molar-refractivity contribution in [1.82, 2.24) is 9.78 Å². The normalized spacial score (nSPS) is 10.9. The summed E-state index contributed by atoms with van der Waals surface area (Å²) in [7, 11) is 0. The first-order valence-electron chi connectivity index (χ1n) is 4.77.